The van der Waals surface area contributed by atoms with E-state index < -0.39 is 5.82 Å². The van der Waals surface area contributed by atoms with Gasteiger partial charge in [-0.15, -0.1) is 0 Å². The van der Waals surface area contributed by atoms with Gasteiger partial charge in [-0.2, -0.15) is 0 Å². The van der Waals surface area contributed by atoms with Crippen LogP contribution in [0.4, 0.5) is 10.1 Å². The summed E-state index contributed by atoms with van der Waals surface area (Å²) < 4.78 is 21.6. The number of ether oxygens (including phenoxy) is 1. The van der Waals surface area contributed by atoms with E-state index in [9.17, 15) is 14.0 Å². The minimum atomic E-state index is -0.459. The van der Waals surface area contributed by atoms with E-state index in [1.807, 2.05) is 30.3 Å². The summed E-state index contributed by atoms with van der Waals surface area (Å²) >= 11 is 0. The van der Waals surface area contributed by atoms with Crippen LogP contribution in [0.15, 0.2) is 67.3 Å². The molecular weight excluding hydrogens is 411 g/mol. The van der Waals surface area contributed by atoms with Crippen LogP contribution in [0.25, 0.3) is 5.69 Å². The highest BCUT2D eigenvalue weighted by Gasteiger charge is 2.28. The highest BCUT2D eigenvalue weighted by atomic mass is 19.1. The number of nitrogens with one attached hydrogen (secondary N) is 1. The van der Waals surface area contributed by atoms with Crippen molar-refractivity contribution < 1.29 is 18.7 Å². The lowest BCUT2D eigenvalue weighted by atomic mass is 9.96. The molecule has 1 unspecified atom stereocenters. The molecule has 7 nitrogen and oxygen atoms in total. The van der Waals surface area contributed by atoms with Gasteiger partial charge in [-0.05, 0) is 43.2 Å². The van der Waals surface area contributed by atoms with Crippen molar-refractivity contribution in [1.29, 1.82) is 0 Å². The maximum atomic E-state index is 14.5. The summed E-state index contributed by atoms with van der Waals surface area (Å²) in [6.07, 6.45) is 6.41. The second-order valence-corrected chi connectivity index (χ2v) is 7.72. The van der Waals surface area contributed by atoms with Gasteiger partial charge in [0.15, 0.2) is 0 Å². The Morgan fingerprint density at radius 1 is 1.19 bits per heavy atom. The number of para-hydroxylation sites is 1. The van der Waals surface area contributed by atoms with Gasteiger partial charge < -0.3 is 19.5 Å². The molecule has 1 saturated heterocycles. The molecule has 0 bridgehead atoms. The largest absolute Gasteiger partial charge is 0.493 e. The Bertz CT molecular complexity index is 1060. The zero-order valence-electron chi connectivity index (χ0n) is 17.6. The van der Waals surface area contributed by atoms with Crippen LogP contribution in [-0.4, -0.2) is 46.0 Å². The molecular formula is C24H25FN4O3. The van der Waals surface area contributed by atoms with Gasteiger partial charge >= 0.3 is 0 Å². The van der Waals surface area contributed by atoms with E-state index in [1.54, 1.807) is 34.0 Å². The van der Waals surface area contributed by atoms with Crippen LogP contribution >= 0.6 is 0 Å². The van der Waals surface area contributed by atoms with Gasteiger partial charge in [0.2, 0.25) is 11.8 Å². The summed E-state index contributed by atoms with van der Waals surface area (Å²) in [5, 5.41) is 2.78. The number of nitrogens with zero attached hydrogens (tertiary/aromatic N) is 3. The number of anilines is 1. The molecule has 8 heteroatoms. The van der Waals surface area contributed by atoms with Gasteiger partial charge in [0.25, 0.3) is 0 Å². The average Bonchev–Trinajstić information content (AvgIpc) is 3.34. The molecule has 1 N–H and O–H groups in total. The van der Waals surface area contributed by atoms with Crippen LogP contribution in [0.1, 0.15) is 19.3 Å². The molecule has 0 spiro atoms. The minimum Gasteiger partial charge on any atom is -0.493 e. The number of rotatable bonds is 7. The van der Waals surface area contributed by atoms with Crippen molar-refractivity contribution in [2.24, 2.45) is 5.92 Å². The summed E-state index contributed by atoms with van der Waals surface area (Å²) in [4.78, 5) is 30.9. The summed E-state index contributed by atoms with van der Waals surface area (Å²) in [5.74, 6) is -0.312. The molecule has 1 aliphatic heterocycles. The van der Waals surface area contributed by atoms with Crippen LogP contribution in [-0.2, 0) is 9.59 Å². The molecule has 1 aromatic heterocycles. The Labute approximate surface area is 185 Å². The van der Waals surface area contributed by atoms with Crippen LogP contribution in [0, 0.1) is 11.7 Å². The monoisotopic (exact) mass is 436 g/mol. The zero-order valence-corrected chi connectivity index (χ0v) is 17.6. The minimum absolute atomic E-state index is 0.0332. The molecule has 2 aromatic carbocycles. The predicted molar refractivity (Wildman–Crippen MR) is 118 cm³/mol. The lowest BCUT2D eigenvalue weighted by Gasteiger charge is -2.32. The fourth-order valence-corrected chi connectivity index (χ4v) is 3.79. The Kier molecular flexibility index (Phi) is 6.79. The first kappa shape index (κ1) is 21.5. The number of halogens is 1. The highest BCUT2D eigenvalue weighted by molar-refractivity contribution is 5.93. The van der Waals surface area contributed by atoms with Crippen LogP contribution in [0.3, 0.4) is 0 Å². The second-order valence-electron chi connectivity index (χ2n) is 7.72. The topological polar surface area (TPSA) is 76.5 Å². The normalized spacial score (nSPS) is 15.9. The molecule has 0 aliphatic carbocycles. The predicted octanol–water partition coefficient (Wildman–Crippen LogP) is 3.66. The van der Waals surface area contributed by atoms with E-state index in [0.717, 1.165) is 12.2 Å². The number of aromatic nitrogens is 2. The number of benzene rings is 2. The molecule has 2 amide bonds. The lowest BCUT2D eigenvalue weighted by molar-refractivity contribution is -0.135. The quantitative estimate of drug-likeness (QED) is 0.613. The van der Waals surface area contributed by atoms with Crippen molar-refractivity contribution in [3.63, 3.8) is 0 Å². The molecule has 2 heterocycles. The van der Waals surface area contributed by atoms with Crippen molar-refractivity contribution in [3.05, 3.63) is 73.1 Å². The summed E-state index contributed by atoms with van der Waals surface area (Å²) in [6, 6.07) is 13.9. The molecule has 32 heavy (non-hydrogen) atoms. The number of amides is 2. The standard InChI is InChI=1S/C24H25FN4O3/c25-21-15-19(8-9-22(21)29-13-11-26-17-29)27-24(31)18-5-4-12-28(16-18)23(30)10-14-32-20-6-2-1-3-7-20/h1-3,6-9,11,13,15,17-18H,4-5,10,12,14,16H2,(H,27,31). The first-order chi connectivity index (χ1) is 15.6. The molecule has 4 rings (SSSR count). The van der Waals surface area contributed by atoms with Gasteiger partial charge in [0, 0.05) is 31.2 Å². The number of hydrogen-bond acceptors (Lipinski definition) is 4. The maximum absolute atomic E-state index is 14.5. The van der Waals surface area contributed by atoms with Crippen molar-refractivity contribution in [1.82, 2.24) is 14.5 Å². The Balaban J connectivity index is 1.29. The molecule has 0 saturated carbocycles. The molecule has 1 fully saturated rings. The molecule has 166 valence electrons. The molecule has 0 radical (unpaired) electrons. The number of carbonyl (C=O) groups is 2. The zero-order chi connectivity index (χ0) is 22.3. The number of hydrogen-bond donors (Lipinski definition) is 1. The third kappa shape index (κ3) is 5.32. The van der Waals surface area contributed by atoms with E-state index in [-0.39, 0.29) is 24.2 Å². The second kappa shape index (κ2) is 10.1. The number of imidazole rings is 1. The smallest absolute Gasteiger partial charge is 0.229 e. The van der Waals surface area contributed by atoms with Crippen molar-refractivity contribution >= 4 is 17.5 Å². The van der Waals surface area contributed by atoms with Gasteiger partial charge in [0.05, 0.1) is 31.0 Å². The maximum Gasteiger partial charge on any atom is 0.229 e. The SMILES string of the molecule is O=C(Nc1ccc(-n2ccnc2)c(F)c1)C1CCCN(C(=O)CCOc2ccccc2)C1. The van der Waals surface area contributed by atoms with Crippen molar-refractivity contribution in [2.75, 3.05) is 25.0 Å². The summed E-state index contributed by atoms with van der Waals surface area (Å²) in [5.41, 5.74) is 0.740. The molecule has 3 aromatic rings. The number of likely N-dealkylation sites (tertiary alicyclic amines) is 1. The van der Waals surface area contributed by atoms with Gasteiger partial charge in [-0.3, -0.25) is 9.59 Å². The molecule has 1 aliphatic rings. The van der Waals surface area contributed by atoms with E-state index in [0.29, 0.717) is 37.5 Å². The fourth-order valence-electron chi connectivity index (χ4n) is 3.79. The van der Waals surface area contributed by atoms with Crippen LogP contribution in [0.5, 0.6) is 5.75 Å². The number of carbonyl (C=O) groups excluding carboxylic acids is 2. The van der Waals surface area contributed by atoms with E-state index in [1.165, 1.54) is 12.4 Å². The van der Waals surface area contributed by atoms with Gasteiger partial charge in [0.1, 0.15) is 11.6 Å². The Morgan fingerprint density at radius 3 is 2.78 bits per heavy atom. The van der Waals surface area contributed by atoms with E-state index >= 15 is 0 Å². The Morgan fingerprint density at radius 2 is 2.03 bits per heavy atom. The van der Waals surface area contributed by atoms with Crippen molar-refractivity contribution in [3.8, 4) is 11.4 Å². The lowest BCUT2D eigenvalue weighted by Crippen LogP contribution is -2.44. The first-order valence-corrected chi connectivity index (χ1v) is 10.6. The highest BCUT2D eigenvalue weighted by Crippen LogP contribution is 2.22. The van der Waals surface area contributed by atoms with Crippen LogP contribution in [0.2, 0.25) is 0 Å². The fraction of sp³-hybridized carbons (Fsp3) is 0.292. The summed E-state index contributed by atoms with van der Waals surface area (Å²) in [6.45, 7) is 1.27. The number of piperidine rings is 1. The third-order valence-corrected chi connectivity index (χ3v) is 5.47. The average molecular weight is 436 g/mol. The van der Waals surface area contributed by atoms with E-state index in [4.69, 9.17) is 4.74 Å². The van der Waals surface area contributed by atoms with Crippen molar-refractivity contribution in [2.45, 2.75) is 19.3 Å². The first-order valence-electron chi connectivity index (χ1n) is 10.6. The van der Waals surface area contributed by atoms with Gasteiger partial charge in [-0.1, -0.05) is 18.2 Å². The molecule has 1 atom stereocenters. The Hall–Kier alpha value is -3.68. The van der Waals surface area contributed by atoms with Crippen LogP contribution < -0.4 is 10.1 Å². The third-order valence-electron chi connectivity index (χ3n) is 5.47. The summed E-state index contributed by atoms with van der Waals surface area (Å²) in [7, 11) is 0. The van der Waals surface area contributed by atoms with Gasteiger partial charge in [-0.25, -0.2) is 9.37 Å². The van der Waals surface area contributed by atoms with E-state index in [2.05, 4.69) is 10.3 Å².